The normalized spacial score (nSPS) is 12.4. The van der Waals surface area contributed by atoms with Gasteiger partial charge in [-0.3, -0.25) is 4.98 Å². The van der Waals surface area contributed by atoms with Crippen LogP contribution in [0.2, 0.25) is 5.02 Å². The van der Waals surface area contributed by atoms with Gasteiger partial charge in [0.15, 0.2) is 0 Å². The smallest absolute Gasteiger partial charge is 0.0451 e. The number of pyridine rings is 1. The average molecular weight is 303 g/mol. The predicted molar refractivity (Wildman–Crippen MR) is 89.9 cm³/mol. The Morgan fingerprint density at radius 1 is 1.19 bits per heavy atom. The molecule has 0 saturated carbocycles. The van der Waals surface area contributed by atoms with Crippen LogP contribution in [-0.2, 0) is 6.42 Å². The van der Waals surface area contributed by atoms with Crippen molar-refractivity contribution in [1.29, 1.82) is 0 Å². The molecule has 21 heavy (non-hydrogen) atoms. The molecular weight excluding hydrogens is 280 g/mol. The quantitative estimate of drug-likeness (QED) is 0.841. The molecule has 2 aromatic rings. The molecule has 0 aliphatic heterocycles. The zero-order valence-corrected chi connectivity index (χ0v) is 13.7. The fourth-order valence-corrected chi connectivity index (χ4v) is 2.79. The van der Waals surface area contributed by atoms with E-state index in [1.165, 1.54) is 16.7 Å². The Morgan fingerprint density at radius 2 is 2.00 bits per heavy atom. The number of rotatable bonds is 6. The predicted octanol–water partition coefficient (Wildman–Crippen LogP) is 4.64. The molecule has 1 unspecified atom stereocenters. The van der Waals surface area contributed by atoms with E-state index >= 15 is 0 Å². The molecule has 2 rings (SSSR count). The van der Waals surface area contributed by atoms with Crippen LogP contribution < -0.4 is 5.32 Å². The van der Waals surface area contributed by atoms with Gasteiger partial charge >= 0.3 is 0 Å². The van der Waals surface area contributed by atoms with E-state index in [1.54, 1.807) is 0 Å². The van der Waals surface area contributed by atoms with Crippen LogP contribution >= 0.6 is 11.6 Å². The SMILES string of the molecule is CCCNC(Cc1ncccc1C)c1ccc(Cl)cc1C. The second-order valence-electron chi connectivity index (χ2n) is 5.48. The van der Waals surface area contributed by atoms with Crippen LogP contribution in [0.25, 0.3) is 0 Å². The van der Waals surface area contributed by atoms with Crippen molar-refractivity contribution in [2.24, 2.45) is 0 Å². The Labute approximate surface area is 132 Å². The summed E-state index contributed by atoms with van der Waals surface area (Å²) in [6.45, 7) is 7.42. The van der Waals surface area contributed by atoms with E-state index in [4.69, 9.17) is 11.6 Å². The fourth-order valence-electron chi connectivity index (χ4n) is 2.57. The van der Waals surface area contributed by atoms with Crippen molar-refractivity contribution in [2.75, 3.05) is 6.54 Å². The first-order valence-corrected chi connectivity index (χ1v) is 7.89. The van der Waals surface area contributed by atoms with Gasteiger partial charge in [0.25, 0.3) is 0 Å². The van der Waals surface area contributed by atoms with Gasteiger partial charge in [-0.1, -0.05) is 30.7 Å². The summed E-state index contributed by atoms with van der Waals surface area (Å²) in [5.74, 6) is 0. The lowest BCUT2D eigenvalue weighted by Gasteiger charge is -2.21. The molecule has 1 N–H and O–H groups in total. The van der Waals surface area contributed by atoms with Crippen molar-refractivity contribution >= 4 is 11.6 Å². The molecule has 0 aliphatic rings. The lowest BCUT2D eigenvalue weighted by molar-refractivity contribution is 0.521. The molecule has 3 heteroatoms. The molecule has 0 amide bonds. The average Bonchev–Trinajstić information content (AvgIpc) is 2.46. The number of nitrogens with zero attached hydrogens (tertiary/aromatic N) is 1. The van der Waals surface area contributed by atoms with Gasteiger partial charge in [0, 0.05) is 29.4 Å². The van der Waals surface area contributed by atoms with Crippen LogP contribution in [-0.4, -0.2) is 11.5 Å². The number of hydrogen-bond donors (Lipinski definition) is 1. The molecule has 1 atom stereocenters. The Kier molecular flexibility index (Phi) is 5.77. The van der Waals surface area contributed by atoms with E-state index in [2.05, 4.69) is 43.2 Å². The molecule has 2 nitrogen and oxygen atoms in total. The van der Waals surface area contributed by atoms with Gasteiger partial charge in [0.2, 0.25) is 0 Å². The lowest BCUT2D eigenvalue weighted by atomic mass is 9.96. The zero-order valence-electron chi connectivity index (χ0n) is 13.0. The van der Waals surface area contributed by atoms with Gasteiger partial charge in [-0.25, -0.2) is 0 Å². The first-order chi connectivity index (χ1) is 10.1. The molecule has 0 saturated heterocycles. The minimum atomic E-state index is 0.274. The Hall–Kier alpha value is -1.38. The number of halogens is 1. The second kappa shape index (κ2) is 7.58. The third kappa shape index (κ3) is 4.29. The van der Waals surface area contributed by atoms with Crippen molar-refractivity contribution in [3.63, 3.8) is 0 Å². The van der Waals surface area contributed by atoms with Crippen LogP contribution in [0.15, 0.2) is 36.5 Å². The Balaban J connectivity index is 2.27. The van der Waals surface area contributed by atoms with E-state index in [-0.39, 0.29) is 6.04 Å². The summed E-state index contributed by atoms with van der Waals surface area (Å²) < 4.78 is 0. The van der Waals surface area contributed by atoms with Gasteiger partial charge in [0.05, 0.1) is 0 Å². The van der Waals surface area contributed by atoms with Gasteiger partial charge in [-0.15, -0.1) is 0 Å². The monoisotopic (exact) mass is 302 g/mol. The molecule has 1 aromatic heterocycles. The molecule has 0 radical (unpaired) electrons. The maximum atomic E-state index is 6.08. The van der Waals surface area contributed by atoms with Crippen LogP contribution in [0.3, 0.4) is 0 Å². The summed E-state index contributed by atoms with van der Waals surface area (Å²) in [6, 6.07) is 10.5. The summed E-state index contributed by atoms with van der Waals surface area (Å²) in [7, 11) is 0. The summed E-state index contributed by atoms with van der Waals surface area (Å²) >= 11 is 6.08. The molecule has 0 aliphatic carbocycles. The maximum Gasteiger partial charge on any atom is 0.0451 e. The number of hydrogen-bond acceptors (Lipinski definition) is 2. The number of aryl methyl sites for hydroxylation is 2. The van der Waals surface area contributed by atoms with Crippen LogP contribution in [0, 0.1) is 13.8 Å². The molecule has 0 spiro atoms. The van der Waals surface area contributed by atoms with Crippen LogP contribution in [0.5, 0.6) is 0 Å². The van der Waals surface area contributed by atoms with E-state index in [0.29, 0.717) is 0 Å². The molecule has 1 aromatic carbocycles. The van der Waals surface area contributed by atoms with Gasteiger partial charge in [-0.05, 0) is 61.7 Å². The first kappa shape index (κ1) is 16.0. The van der Waals surface area contributed by atoms with Crippen molar-refractivity contribution in [3.05, 3.63) is 63.9 Å². The minimum Gasteiger partial charge on any atom is -0.310 e. The Bertz CT molecular complexity index is 596. The molecule has 112 valence electrons. The highest BCUT2D eigenvalue weighted by Crippen LogP contribution is 2.25. The summed E-state index contributed by atoms with van der Waals surface area (Å²) in [5, 5.41) is 4.43. The van der Waals surface area contributed by atoms with Gasteiger partial charge in [0.1, 0.15) is 0 Å². The standard InChI is InChI=1S/C18H23ClN2/c1-4-9-20-18(12-17-13(2)6-5-10-21-17)16-8-7-15(19)11-14(16)3/h5-8,10-11,18,20H,4,9,12H2,1-3H3. The van der Waals surface area contributed by atoms with E-state index in [0.717, 1.165) is 30.1 Å². The van der Waals surface area contributed by atoms with Crippen molar-refractivity contribution in [1.82, 2.24) is 10.3 Å². The lowest BCUT2D eigenvalue weighted by Crippen LogP contribution is -2.25. The highest BCUT2D eigenvalue weighted by atomic mass is 35.5. The number of nitrogens with one attached hydrogen (secondary N) is 1. The summed E-state index contributed by atoms with van der Waals surface area (Å²) in [5.41, 5.74) is 4.93. The highest BCUT2D eigenvalue weighted by Gasteiger charge is 2.15. The molecule has 0 fully saturated rings. The molecular formula is C18H23ClN2. The topological polar surface area (TPSA) is 24.9 Å². The van der Waals surface area contributed by atoms with Gasteiger partial charge in [-0.2, -0.15) is 0 Å². The van der Waals surface area contributed by atoms with Gasteiger partial charge < -0.3 is 5.32 Å². The summed E-state index contributed by atoms with van der Waals surface area (Å²) in [4.78, 5) is 4.53. The number of benzene rings is 1. The third-order valence-electron chi connectivity index (χ3n) is 3.76. The minimum absolute atomic E-state index is 0.274. The first-order valence-electron chi connectivity index (χ1n) is 7.51. The summed E-state index contributed by atoms with van der Waals surface area (Å²) in [6.07, 6.45) is 3.88. The third-order valence-corrected chi connectivity index (χ3v) is 4.00. The molecule has 0 bridgehead atoms. The van der Waals surface area contributed by atoms with Crippen LogP contribution in [0.4, 0.5) is 0 Å². The number of aromatic nitrogens is 1. The van der Waals surface area contributed by atoms with E-state index in [1.807, 2.05) is 24.4 Å². The van der Waals surface area contributed by atoms with Crippen LogP contribution in [0.1, 0.15) is 41.8 Å². The van der Waals surface area contributed by atoms with E-state index in [9.17, 15) is 0 Å². The highest BCUT2D eigenvalue weighted by molar-refractivity contribution is 6.30. The largest absolute Gasteiger partial charge is 0.310 e. The van der Waals surface area contributed by atoms with Crippen molar-refractivity contribution < 1.29 is 0 Å². The Morgan fingerprint density at radius 3 is 2.67 bits per heavy atom. The maximum absolute atomic E-state index is 6.08. The van der Waals surface area contributed by atoms with Crippen molar-refractivity contribution in [2.45, 2.75) is 39.7 Å². The van der Waals surface area contributed by atoms with Crippen molar-refractivity contribution in [3.8, 4) is 0 Å². The zero-order chi connectivity index (χ0) is 15.2. The van der Waals surface area contributed by atoms with E-state index < -0.39 is 0 Å². The fraction of sp³-hybridized carbons (Fsp3) is 0.389. The molecule has 1 heterocycles. The second-order valence-corrected chi connectivity index (χ2v) is 5.92.